The molecule has 120 valence electrons. The highest BCUT2D eigenvalue weighted by Gasteiger charge is 2.30. The van der Waals surface area contributed by atoms with Crippen molar-refractivity contribution in [1.29, 1.82) is 0 Å². The number of hydrazine groups is 1. The molecule has 0 radical (unpaired) electrons. The number of aromatic nitrogens is 2. The lowest BCUT2D eigenvalue weighted by molar-refractivity contribution is 0.00782. The Bertz CT molecular complexity index is 426. The Morgan fingerprint density at radius 1 is 1.43 bits per heavy atom. The lowest BCUT2D eigenvalue weighted by Gasteiger charge is -2.34. The van der Waals surface area contributed by atoms with Gasteiger partial charge in [0.25, 0.3) is 0 Å². The van der Waals surface area contributed by atoms with Gasteiger partial charge < -0.3 is 4.74 Å². The van der Waals surface area contributed by atoms with Crippen molar-refractivity contribution in [3.8, 4) is 0 Å². The second kappa shape index (κ2) is 7.92. The molecule has 21 heavy (non-hydrogen) atoms. The average molecular weight is 294 g/mol. The summed E-state index contributed by atoms with van der Waals surface area (Å²) in [6.45, 7) is 5.05. The van der Waals surface area contributed by atoms with E-state index >= 15 is 0 Å². The quantitative estimate of drug-likeness (QED) is 0.597. The second-order valence-corrected chi connectivity index (χ2v) is 6.17. The van der Waals surface area contributed by atoms with E-state index in [0.717, 1.165) is 18.7 Å². The van der Waals surface area contributed by atoms with Crippen LogP contribution in [0.1, 0.15) is 50.4 Å². The summed E-state index contributed by atoms with van der Waals surface area (Å²) in [6.07, 6.45) is 7.53. The van der Waals surface area contributed by atoms with Gasteiger partial charge in [0, 0.05) is 25.8 Å². The molecule has 0 bridgehead atoms. The van der Waals surface area contributed by atoms with E-state index in [1.54, 1.807) is 0 Å². The standard InChI is InChI=1S/C16H30N4O/c1-4-20-14(10-12(2)19-20)11-15(18-17)16(21-3)13-8-6-5-7-9-13/h10,13,15-16,18H,4-9,11,17H2,1-3H3. The summed E-state index contributed by atoms with van der Waals surface area (Å²) < 4.78 is 7.89. The van der Waals surface area contributed by atoms with Gasteiger partial charge in [0.2, 0.25) is 0 Å². The van der Waals surface area contributed by atoms with Gasteiger partial charge in [-0.15, -0.1) is 0 Å². The van der Waals surface area contributed by atoms with Crippen LogP contribution in [0.25, 0.3) is 0 Å². The largest absolute Gasteiger partial charge is 0.379 e. The first-order chi connectivity index (χ1) is 10.2. The molecule has 5 nitrogen and oxygen atoms in total. The first-order valence-corrected chi connectivity index (χ1v) is 8.21. The highest BCUT2D eigenvalue weighted by atomic mass is 16.5. The van der Waals surface area contributed by atoms with Gasteiger partial charge in [-0.1, -0.05) is 19.3 Å². The third-order valence-electron chi connectivity index (χ3n) is 4.71. The average Bonchev–Trinajstić information content (AvgIpc) is 2.87. The van der Waals surface area contributed by atoms with E-state index in [9.17, 15) is 0 Å². The van der Waals surface area contributed by atoms with Crippen molar-refractivity contribution >= 4 is 0 Å². The Kier molecular flexibility index (Phi) is 6.21. The Hall–Kier alpha value is -0.910. The van der Waals surface area contributed by atoms with Gasteiger partial charge in [-0.05, 0) is 38.7 Å². The van der Waals surface area contributed by atoms with Crippen molar-refractivity contribution in [1.82, 2.24) is 15.2 Å². The van der Waals surface area contributed by atoms with E-state index < -0.39 is 0 Å². The maximum Gasteiger partial charge on any atom is 0.0769 e. The van der Waals surface area contributed by atoms with Gasteiger partial charge in [0.05, 0.1) is 17.8 Å². The van der Waals surface area contributed by atoms with Gasteiger partial charge >= 0.3 is 0 Å². The molecule has 1 fully saturated rings. The summed E-state index contributed by atoms with van der Waals surface area (Å²) in [5.41, 5.74) is 5.29. The van der Waals surface area contributed by atoms with Crippen LogP contribution in [0.2, 0.25) is 0 Å². The molecule has 5 heteroatoms. The molecule has 1 aliphatic carbocycles. The number of rotatable bonds is 7. The fraction of sp³-hybridized carbons (Fsp3) is 0.812. The van der Waals surface area contributed by atoms with E-state index in [1.807, 2.05) is 14.0 Å². The van der Waals surface area contributed by atoms with Crippen molar-refractivity contribution in [2.75, 3.05) is 7.11 Å². The third-order valence-corrected chi connectivity index (χ3v) is 4.71. The number of hydrogen-bond acceptors (Lipinski definition) is 4. The summed E-state index contributed by atoms with van der Waals surface area (Å²) in [6, 6.07) is 2.29. The van der Waals surface area contributed by atoms with Crippen molar-refractivity contribution in [3.63, 3.8) is 0 Å². The molecular formula is C16H30N4O. The Morgan fingerprint density at radius 3 is 2.71 bits per heavy atom. The molecule has 0 amide bonds. The smallest absolute Gasteiger partial charge is 0.0769 e. The molecule has 0 aromatic carbocycles. The fourth-order valence-corrected chi connectivity index (χ4v) is 3.68. The van der Waals surface area contributed by atoms with Crippen LogP contribution in [0.4, 0.5) is 0 Å². The molecule has 1 aromatic heterocycles. The maximum atomic E-state index is 5.84. The first-order valence-electron chi connectivity index (χ1n) is 8.21. The molecular weight excluding hydrogens is 264 g/mol. The van der Waals surface area contributed by atoms with Crippen LogP contribution in [-0.2, 0) is 17.7 Å². The number of nitrogens with one attached hydrogen (secondary N) is 1. The normalized spacial score (nSPS) is 19.6. The summed E-state index contributed by atoms with van der Waals surface area (Å²) in [5.74, 6) is 6.46. The molecule has 0 saturated heterocycles. The molecule has 0 spiro atoms. The minimum Gasteiger partial charge on any atom is -0.379 e. The van der Waals surface area contributed by atoms with Crippen molar-refractivity contribution in [2.45, 2.75) is 71.1 Å². The second-order valence-electron chi connectivity index (χ2n) is 6.17. The van der Waals surface area contributed by atoms with Crippen LogP contribution in [0.5, 0.6) is 0 Å². The lowest BCUT2D eigenvalue weighted by Crippen LogP contribution is -2.50. The van der Waals surface area contributed by atoms with E-state index in [4.69, 9.17) is 10.6 Å². The van der Waals surface area contributed by atoms with E-state index in [2.05, 4.69) is 28.2 Å². The van der Waals surface area contributed by atoms with Crippen molar-refractivity contribution in [2.24, 2.45) is 11.8 Å². The monoisotopic (exact) mass is 294 g/mol. The molecule has 2 rings (SSSR count). The molecule has 1 saturated carbocycles. The van der Waals surface area contributed by atoms with Gasteiger partial charge in [-0.2, -0.15) is 5.10 Å². The number of methoxy groups -OCH3 is 1. The van der Waals surface area contributed by atoms with Crippen LogP contribution in [0, 0.1) is 12.8 Å². The van der Waals surface area contributed by atoms with Gasteiger partial charge in [0.1, 0.15) is 0 Å². The van der Waals surface area contributed by atoms with E-state index in [1.165, 1.54) is 37.8 Å². The highest BCUT2D eigenvalue weighted by molar-refractivity contribution is 5.11. The van der Waals surface area contributed by atoms with E-state index in [0.29, 0.717) is 5.92 Å². The molecule has 3 N–H and O–H groups in total. The highest BCUT2D eigenvalue weighted by Crippen LogP contribution is 2.30. The van der Waals surface area contributed by atoms with Crippen LogP contribution < -0.4 is 11.3 Å². The maximum absolute atomic E-state index is 5.84. The Balaban J connectivity index is 2.09. The molecule has 2 atom stereocenters. The summed E-state index contributed by atoms with van der Waals surface area (Å²) in [5, 5.41) is 4.52. The predicted molar refractivity (Wildman–Crippen MR) is 84.8 cm³/mol. The van der Waals surface area contributed by atoms with Gasteiger partial charge in [-0.25, -0.2) is 0 Å². The third kappa shape index (κ3) is 4.05. The van der Waals surface area contributed by atoms with Crippen molar-refractivity contribution < 1.29 is 4.74 Å². The number of aryl methyl sites for hydroxylation is 2. The van der Waals surface area contributed by atoms with Crippen LogP contribution >= 0.6 is 0 Å². The Morgan fingerprint density at radius 2 is 2.14 bits per heavy atom. The number of ether oxygens (including phenoxy) is 1. The minimum atomic E-state index is 0.138. The molecule has 1 heterocycles. The number of nitrogens with zero attached hydrogens (tertiary/aromatic N) is 2. The zero-order chi connectivity index (χ0) is 15.2. The number of nitrogens with two attached hydrogens (primary N) is 1. The molecule has 0 aliphatic heterocycles. The predicted octanol–water partition coefficient (Wildman–Crippen LogP) is 2.18. The molecule has 1 aromatic rings. The van der Waals surface area contributed by atoms with E-state index in [-0.39, 0.29) is 12.1 Å². The SMILES string of the molecule is CCn1nc(C)cc1CC(NN)C(OC)C1CCCCC1. The number of hydrogen-bond donors (Lipinski definition) is 2. The van der Waals surface area contributed by atoms with Gasteiger partial charge in [0.15, 0.2) is 0 Å². The van der Waals surface area contributed by atoms with Crippen LogP contribution in [0.3, 0.4) is 0 Å². The fourth-order valence-electron chi connectivity index (χ4n) is 3.68. The van der Waals surface area contributed by atoms with Crippen LogP contribution in [-0.4, -0.2) is 29.0 Å². The minimum absolute atomic E-state index is 0.138. The molecule has 2 unspecified atom stereocenters. The molecule has 1 aliphatic rings. The summed E-state index contributed by atoms with van der Waals surface area (Å²) >= 11 is 0. The van der Waals surface area contributed by atoms with Crippen molar-refractivity contribution in [3.05, 3.63) is 17.5 Å². The van der Waals surface area contributed by atoms with Crippen LogP contribution in [0.15, 0.2) is 6.07 Å². The lowest BCUT2D eigenvalue weighted by atomic mass is 9.81. The zero-order valence-electron chi connectivity index (χ0n) is 13.6. The van der Waals surface area contributed by atoms with Gasteiger partial charge in [-0.3, -0.25) is 16.0 Å². The topological polar surface area (TPSA) is 65.1 Å². The summed E-state index contributed by atoms with van der Waals surface area (Å²) in [4.78, 5) is 0. The summed E-state index contributed by atoms with van der Waals surface area (Å²) in [7, 11) is 1.81. The Labute approximate surface area is 128 Å². The zero-order valence-corrected chi connectivity index (χ0v) is 13.6. The first kappa shape index (κ1) is 16.5.